The highest BCUT2D eigenvalue weighted by molar-refractivity contribution is 7.99. The SMILES string of the molecule is Cc1noc([C@@H](C)SCCCOc2cccc(C#N)c2)n1. The van der Waals surface area contributed by atoms with Crippen molar-refractivity contribution in [3.8, 4) is 11.8 Å². The fourth-order valence-electron chi connectivity index (χ4n) is 1.71. The number of hydrogen-bond donors (Lipinski definition) is 0. The van der Waals surface area contributed by atoms with Crippen LogP contribution in [0.15, 0.2) is 28.8 Å². The highest BCUT2D eigenvalue weighted by atomic mass is 32.2. The Morgan fingerprint density at radius 3 is 3.05 bits per heavy atom. The summed E-state index contributed by atoms with van der Waals surface area (Å²) < 4.78 is 10.8. The van der Waals surface area contributed by atoms with E-state index < -0.39 is 0 Å². The summed E-state index contributed by atoms with van der Waals surface area (Å²) in [4.78, 5) is 4.22. The van der Waals surface area contributed by atoms with Gasteiger partial charge >= 0.3 is 0 Å². The van der Waals surface area contributed by atoms with Crippen LogP contribution in [0.3, 0.4) is 0 Å². The highest BCUT2D eigenvalue weighted by Gasteiger charge is 2.12. The van der Waals surface area contributed by atoms with Gasteiger partial charge in [-0.15, -0.1) is 11.8 Å². The zero-order valence-electron chi connectivity index (χ0n) is 12.1. The Bertz CT molecular complexity index is 621. The molecule has 0 aliphatic carbocycles. The molecule has 6 heteroatoms. The second-order valence-electron chi connectivity index (χ2n) is 4.53. The number of ether oxygens (including phenoxy) is 1. The van der Waals surface area contributed by atoms with Gasteiger partial charge in [0.25, 0.3) is 0 Å². The molecule has 0 saturated carbocycles. The van der Waals surface area contributed by atoms with E-state index in [4.69, 9.17) is 14.5 Å². The van der Waals surface area contributed by atoms with Gasteiger partial charge in [-0.25, -0.2) is 0 Å². The first-order chi connectivity index (χ1) is 10.2. The van der Waals surface area contributed by atoms with Gasteiger partial charge in [0.15, 0.2) is 5.82 Å². The Labute approximate surface area is 128 Å². The summed E-state index contributed by atoms with van der Waals surface area (Å²) in [5, 5.41) is 12.8. The molecule has 2 rings (SSSR count). The Kier molecular flexibility index (Phi) is 5.64. The summed E-state index contributed by atoms with van der Waals surface area (Å²) >= 11 is 1.76. The Hall–Kier alpha value is -2.00. The molecule has 0 aliphatic rings. The molecule has 21 heavy (non-hydrogen) atoms. The van der Waals surface area contributed by atoms with E-state index in [0.29, 0.717) is 23.9 Å². The van der Waals surface area contributed by atoms with Crippen LogP contribution in [0.2, 0.25) is 0 Å². The minimum Gasteiger partial charge on any atom is -0.494 e. The number of hydrogen-bond acceptors (Lipinski definition) is 6. The second-order valence-corrected chi connectivity index (χ2v) is 5.98. The van der Waals surface area contributed by atoms with Gasteiger partial charge in [0.1, 0.15) is 5.75 Å². The summed E-state index contributed by atoms with van der Waals surface area (Å²) in [5.74, 6) is 3.01. The Morgan fingerprint density at radius 2 is 2.33 bits per heavy atom. The van der Waals surface area contributed by atoms with Crippen molar-refractivity contribution >= 4 is 11.8 Å². The summed E-state index contributed by atoms with van der Waals surface area (Å²) in [6.07, 6.45) is 0.916. The molecule has 0 aliphatic heterocycles. The number of rotatable bonds is 7. The molecule has 2 aromatic rings. The molecule has 0 saturated heterocycles. The number of thioether (sulfide) groups is 1. The van der Waals surface area contributed by atoms with E-state index in [9.17, 15) is 0 Å². The number of nitrogens with zero attached hydrogens (tertiary/aromatic N) is 3. The largest absolute Gasteiger partial charge is 0.494 e. The van der Waals surface area contributed by atoms with E-state index in [1.165, 1.54) is 0 Å². The van der Waals surface area contributed by atoms with Crippen LogP contribution in [0.5, 0.6) is 5.75 Å². The fraction of sp³-hybridized carbons (Fsp3) is 0.400. The lowest BCUT2D eigenvalue weighted by Gasteiger charge is -2.08. The lowest BCUT2D eigenvalue weighted by atomic mass is 10.2. The molecule has 110 valence electrons. The molecule has 0 spiro atoms. The quantitative estimate of drug-likeness (QED) is 0.729. The van der Waals surface area contributed by atoms with Crippen LogP contribution < -0.4 is 4.74 Å². The molecule has 1 aromatic heterocycles. The zero-order valence-corrected chi connectivity index (χ0v) is 12.9. The van der Waals surface area contributed by atoms with Crippen LogP contribution >= 0.6 is 11.8 Å². The molecule has 0 fully saturated rings. The monoisotopic (exact) mass is 303 g/mol. The van der Waals surface area contributed by atoms with Gasteiger partial charge in [-0.2, -0.15) is 10.2 Å². The van der Waals surface area contributed by atoms with Crippen molar-refractivity contribution in [1.29, 1.82) is 5.26 Å². The van der Waals surface area contributed by atoms with E-state index in [1.807, 2.05) is 19.1 Å². The number of aryl methyl sites for hydroxylation is 1. The smallest absolute Gasteiger partial charge is 0.239 e. The molecule has 0 radical (unpaired) electrons. The predicted octanol–water partition coefficient (Wildman–Crippen LogP) is 3.51. The third kappa shape index (κ3) is 4.80. The molecule has 1 aromatic carbocycles. The number of nitriles is 1. The standard InChI is InChI=1S/C15H17N3O2S/c1-11(15-17-12(2)18-20-15)21-8-4-7-19-14-6-3-5-13(9-14)10-16/h3,5-6,9,11H,4,7-8H2,1-2H3/t11-/m1/s1. The van der Waals surface area contributed by atoms with Crippen LogP contribution in [0, 0.1) is 18.3 Å². The molecule has 0 amide bonds. The molecule has 0 bridgehead atoms. The fourth-order valence-corrected chi connectivity index (χ4v) is 2.59. The van der Waals surface area contributed by atoms with Crippen LogP contribution in [0.25, 0.3) is 0 Å². The molecular weight excluding hydrogens is 286 g/mol. The van der Waals surface area contributed by atoms with Crippen molar-refractivity contribution in [2.45, 2.75) is 25.5 Å². The van der Waals surface area contributed by atoms with Gasteiger partial charge < -0.3 is 9.26 Å². The first-order valence-corrected chi connectivity index (χ1v) is 7.78. The normalized spacial score (nSPS) is 11.9. The van der Waals surface area contributed by atoms with Crippen LogP contribution in [0.1, 0.15) is 35.9 Å². The van der Waals surface area contributed by atoms with E-state index in [2.05, 4.69) is 23.1 Å². The average Bonchev–Trinajstić information content (AvgIpc) is 2.93. The summed E-state index contributed by atoms with van der Waals surface area (Å²) in [5.41, 5.74) is 0.613. The third-order valence-corrected chi connectivity index (χ3v) is 4.01. The third-order valence-electron chi connectivity index (χ3n) is 2.78. The van der Waals surface area contributed by atoms with Crippen LogP contribution in [-0.2, 0) is 0 Å². The molecule has 0 N–H and O–H groups in total. The summed E-state index contributed by atoms with van der Waals surface area (Å²) in [7, 11) is 0. The first kappa shape index (κ1) is 15.4. The van der Waals surface area contributed by atoms with E-state index >= 15 is 0 Å². The average molecular weight is 303 g/mol. The van der Waals surface area contributed by atoms with Crippen molar-refractivity contribution in [1.82, 2.24) is 10.1 Å². The predicted molar refractivity (Wildman–Crippen MR) is 81.2 cm³/mol. The van der Waals surface area contributed by atoms with Gasteiger partial charge in [0.2, 0.25) is 5.89 Å². The van der Waals surface area contributed by atoms with Gasteiger partial charge in [-0.3, -0.25) is 0 Å². The van der Waals surface area contributed by atoms with E-state index in [1.54, 1.807) is 23.9 Å². The lowest BCUT2D eigenvalue weighted by molar-refractivity contribution is 0.318. The van der Waals surface area contributed by atoms with Crippen molar-refractivity contribution in [3.05, 3.63) is 41.5 Å². The minimum atomic E-state index is 0.188. The zero-order chi connectivity index (χ0) is 15.1. The molecular formula is C15H17N3O2S. The summed E-state index contributed by atoms with van der Waals surface area (Å²) in [6, 6.07) is 9.29. The summed E-state index contributed by atoms with van der Waals surface area (Å²) in [6.45, 7) is 4.49. The van der Waals surface area contributed by atoms with Crippen molar-refractivity contribution in [3.63, 3.8) is 0 Å². The van der Waals surface area contributed by atoms with Crippen molar-refractivity contribution in [2.75, 3.05) is 12.4 Å². The Balaban J connectivity index is 1.67. The maximum atomic E-state index is 8.81. The maximum absolute atomic E-state index is 8.81. The molecule has 1 heterocycles. The Morgan fingerprint density at radius 1 is 1.48 bits per heavy atom. The van der Waals surface area contributed by atoms with Crippen molar-refractivity contribution < 1.29 is 9.26 Å². The van der Waals surface area contributed by atoms with E-state index in [0.717, 1.165) is 17.9 Å². The molecule has 5 nitrogen and oxygen atoms in total. The van der Waals surface area contributed by atoms with Crippen LogP contribution in [-0.4, -0.2) is 22.5 Å². The minimum absolute atomic E-state index is 0.188. The van der Waals surface area contributed by atoms with Gasteiger partial charge in [-0.1, -0.05) is 11.2 Å². The van der Waals surface area contributed by atoms with Gasteiger partial charge in [-0.05, 0) is 44.2 Å². The highest BCUT2D eigenvalue weighted by Crippen LogP contribution is 2.27. The maximum Gasteiger partial charge on any atom is 0.239 e. The van der Waals surface area contributed by atoms with Crippen LogP contribution in [0.4, 0.5) is 0 Å². The first-order valence-electron chi connectivity index (χ1n) is 6.74. The lowest BCUT2D eigenvalue weighted by Crippen LogP contribution is -2.00. The molecule has 1 atom stereocenters. The van der Waals surface area contributed by atoms with Gasteiger partial charge in [0, 0.05) is 0 Å². The van der Waals surface area contributed by atoms with Gasteiger partial charge in [0.05, 0.1) is 23.5 Å². The van der Waals surface area contributed by atoms with E-state index in [-0.39, 0.29) is 5.25 Å². The van der Waals surface area contributed by atoms with Crippen molar-refractivity contribution in [2.24, 2.45) is 0 Å². The second kappa shape index (κ2) is 7.70. The topological polar surface area (TPSA) is 71.9 Å². The number of aromatic nitrogens is 2. The molecule has 0 unspecified atom stereocenters. The number of benzene rings is 1.